The number of hydrogen-bond acceptors (Lipinski definition) is 1. The summed E-state index contributed by atoms with van der Waals surface area (Å²) in [6, 6.07) is 9.48. The monoisotopic (exact) mass is 219 g/mol. The fraction of sp³-hybridized carbons (Fsp3) is 0.600. The van der Waals surface area contributed by atoms with Gasteiger partial charge in [-0.2, -0.15) is 0 Å². The molecule has 1 rings (SSSR count). The molecule has 0 aromatic heterocycles. The van der Waals surface area contributed by atoms with Gasteiger partial charge in [0.1, 0.15) is 0 Å². The van der Waals surface area contributed by atoms with E-state index in [9.17, 15) is 0 Å². The molecule has 0 fully saturated rings. The summed E-state index contributed by atoms with van der Waals surface area (Å²) in [7, 11) is 0. The Bertz CT molecular complexity index is 293. The van der Waals surface area contributed by atoms with Gasteiger partial charge in [0, 0.05) is 6.04 Å². The predicted octanol–water partition coefficient (Wildman–Crippen LogP) is 4.09. The van der Waals surface area contributed by atoms with Gasteiger partial charge < -0.3 is 5.32 Å². The summed E-state index contributed by atoms with van der Waals surface area (Å²) in [6.45, 7) is 7.79. The third-order valence-electron chi connectivity index (χ3n) is 2.97. The zero-order valence-electron chi connectivity index (χ0n) is 10.9. The quantitative estimate of drug-likeness (QED) is 0.728. The van der Waals surface area contributed by atoms with Gasteiger partial charge in [-0.15, -0.1) is 0 Å². The summed E-state index contributed by atoms with van der Waals surface area (Å²) in [5.41, 5.74) is 2.89. The Morgan fingerprint density at radius 2 is 2.00 bits per heavy atom. The van der Waals surface area contributed by atoms with Crippen molar-refractivity contribution in [3.8, 4) is 0 Å². The van der Waals surface area contributed by atoms with Crippen LogP contribution >= 0.6 is 0 Å². The van der Waals surface area contributed by atoms with E-state index in [1.807, 2.05) is 0 Å². The molecule has 1 N–H and O–H groups in total. The smallest absolute Gasteiger partial charge is 0.0291 e. The molecular formula is C15H25N. The highest BCUT2D eigenvalue weighted by Crippen LogP contribution is 2.15. The summed E-state index contributed by atoms with van der Waals surface area (Å²) in [6.07, 6.45) is 4.97. The molecule has 1 nitrogen and oxygen atoms in total. The Labute approximate surface area is 100 Å². The van der Waals surface area contributed by atoms with Crippen LogP contribution in [0.15, 0.2) is 24.3 Å². The third kappa shape index (κ3) is 4.36. The molecule has 1 aromatic rings. The van der Waals surface area contributed by atoms with Crippen molar-refractivity contribution < 1.29 is 0 Å². The first-order valence-corrected chi connectivity index (χ1v) is 6.60. The highest BCUT2D eigenvalue weighted by Gasteiger charge is 2.04. The van der Waals surface area contributed by atoms with E-state index in [0.29, 0.717) is 6.04 Å². The van der Waals surface area contributed by atoms with E-state index in [1.165, 1.54) is 36.8 Å². The van der Waals surface area contributed by atoms with Crippen LogP contribution in [0.25, 0.3) is 0 Å². The molecule has 1 unspecified atom stereocenters. The first kappa shape index (κ1) is 13.2. The van der Waals surface area contributed by atoms with Crippen molar-refractivity contribution in [2.45, 2.75) is 52.5 Å². The highest BCUT2D eigenvalue weighted by atomic mass is 14.9. The standard InChI is InChI=1S/C15H25N/c1-4-6-8-14-9-7-10-15(12-14)13(3)16-11-5-2/h7,9-10,12-13,16H,4-6,8,11H2,1-3H3. The topological polar surface area (TPSA) is 12.0 Å². The molecule has 90 valence electrons. The Morgan fingerprint density at radius 3 is 2.69 bits per heavy atom. The SMILES string of the molecule is CCCCc1cccc(C(C)NCCC)c1. The van der Waals surface area contributed by atoms with Gasteiger partial charge in [-0.05, 0) is 43.9 Å². The lowest BCUT2D eigenvalue weighted by Gasteiger charge is -2.14. The largest absolute Gasteiger partial charge is 0.310 e. The number of aryl methyl sites for hydroxylation is 1. The molecule has 0 aliphatic rings. The van der Waals surface area contributed by atoms with Crippen LogP contribution in [-0.2, 0) is 6.42 Å². The van der Waals surface area contributed by atoms with Crippen molar-refractivity contribution in [1.82, 2.24) is 5.32 Å². The van der Waals surface area contributed by atoms with Crippen molar-refractivity contribution in [1.29, 1.82) is 0 Å². The van der Waals surface area contributed by atoms with E-state index in [2.05, 4.69) is 50.4 Å². The molecule has 0 heterocycles. The van der Waals surface area contributed by atoms with Crippen LogP contribution in [-0.4, -0.2) is 6.54 Å². The first-order valence-electron chi connectivity index (χ1n) is 6.60. The molecule has 0 aliphatic carbocycles. The van der Waals surface area contributed by atoms with Crippen LogP contribution in [0.2, 0.25) is 0 Å². The predicted molar refractivity (Wildman–Crippen MR) is 71.8 cm³/mol. The molecule has 0 amide bonds. The minimum absolute atomic E-state index is 0.474. The van der Waals surface area contributed by atoms with Crippen molar-refractivity contribution >= 4 is 0 Å². The molecule has 0 spiro atoms. The van der Waals surface area contributed by atoms with Crippen LogP contribution in [0.3, 0.4) is 0 Å². The Morgan fingerprint density at radius 1 is 1.19 bits per heavy atom. The molecule has 1 atom stereocenters. The van der Waals surface area contributed by atoms with Crippen molar-refractivity contribution in [2.24, 2.45) is 0 Å². The first-order chi connectivity index (χ1) is 7.77. The summed E-state index contributed by atoms with van der Waals surface area (Å²) in [4.78, 5) is 0. The molecule has 0 saturated carbocycles. The zero-order valence-corrected chi connectivity index (χ0v) is 10.9. The lowest BCUT2D eigenvalue weighted by atomic mass is 10.0. The molecule has 0 bridgehead atoms. The lowest BCUT2D eigenvalue weighted by molar-refractivity contribution is 0.570. The van der Waals surface area contributed by atoms with Crippen molar-refractivity contribution in [2.75, 3.05) is 6.54 Å². The zero-order chi connectivity index (χ0) is 11.8. The lowest BCUT2D eigenvalue weighted by Crippen LogP contribution is -2.19. The second-order valence-corrected chi connectivity index (χ2v) is 4.52. The van der Waals surface area contributed by atoms with Crippen LogP contribution in [0.4, 0.5) is 0 Å². The maximum absolute atomic E-state index is 3.53. The Balaban J connectivity index is 2.58. The molecule has 1 heteroatoms. The highest BCUT2D eigenvalue weighted by molar-refractivity contribution is 5.25. The van der Waals surface area contributed by atoms with Gasteiger partial charge in [0.25, 0.3) is 0 Å². The van der Waals surface area contributed by atoms with E-state index < -0.39 is 0 Å². The van der Waals surface area contributed by atoms with Crippen LogP contribution in [0, 0.1) is 0 Å². The van der Waals surface area contributed by atoms with E-state index in [1.54, 1.807) is 0 Å². The van der Waals surface area contributed by atoms with Crippen LogP contribution in [0.5, 0.6) is 0 Å². The Hall–Kier alpha value is -0.820. The van der Waals surface area contributed by atoms with Crippen LogP contribution < -0.4 is 5.32 Å². The van der Waals surface area contributed by atoms with Gasteiger partial charge >= 0.3 is 0 Å². The minimum atomic E-state index is 0.474. The fourth-order valence-corrected chi connectivity index (χ4v) is 1.88. The second kappa shape index (κ2) is 7.45. The van der Waals surface area contributed by atoms with Crippen LogP contribution in [0.1, 0.15) is 57.2 Å². The van der Waals surface area contributed by atoms with Crippen molar-refractivity contribution in [3.05, 3.63) is 35.4 Å². The number of nitrogens with one attached hydrogen (secondary N) is 1. The molecule has 16 heavy (non-hydrogen) atoms. The maximum atomic E-state index is 3.53. The van der Waals surface area contributed by atoms with Gasteiger partial charge in [-0.1, -0.05) is 44.5 Å². The maximum Gasteiger partial charge on any atom is 0.0291 e. The fourth-order valence-electron chi connectivity index (χ4n) is 1.88. The molecule has 0 aliphatic heterocycles. The summed E-state index contributed by atoms with van der Waals surface area (Å²) < 4.78 is 0. The average molecular weight is 219 g/mol. The van der Waals surface area contributed by atoms with Gasteiger partial charge in [0.05, 0.1) is 0 Å². The Kier molecular flexibility index (Phi) is 6.17. The van der Waals surface area contributed by atoms with Gasteiger partial charge in [0.2, 0.25) is 0 Å². The van der Waals surface area contributed by atoms with Crippen molar-refractivity contribution in [3.63, 3.8) is 0 Å². The number of rotatable bonds is 7. The number of unbranched alkanes of at least 4 members (excludes halogenated alkanes) is 1. The molecule has 1 aromatic carbocycles. The minimum Gasteiger partial charge on any atom is -0.310 e. The molecular weight excluding hydrogens is 194 g/mol. The van der Waals surface area contributed by atoms with E-state index in [0.717, 1.165) is 6.54 Å². The van der Waals surface area contributed by atoms with E-state index >= 15 is 0 Å². The normalized spacial score (nSPS) is 12.7. The average Bonchev–Trinajstić information content (AvgIpc) is 2.33. The van der Waals surface area contributed by atoms with E-state index in [4.69, 9.17) is 0 Å². The summed E-state index contributed by atoms with van der Waals surface area (Å²) >= 11 is 0. The molecule has 0 saturated heterocycles. The van der Waals surface area contributed by atoms with E-state index in [-0.39, 0.29) is 0 Å². The van der Waals surface area contributed by atoms with Gasteiger partial charge in [-0.3, -0.25) is 0 Å². The number of hydrogen-bond donors (Lipinski definition) is 1. The summed E-state index contributed by atoms with van der Waals surface area (Å²) in [5, 5.41) is 3.53. The third-order valence-corrected chi connectivity index (χ3v) is 2.97. The summed E-state index contributed by atoms with van der Waals surface area (Å²) in [5.74, 6) is 0. The number of benzene rings is 1. The van der Waals surface area contributed by atoms with Gasteiger partial charge in [-0.25, -0.2) is 0 Å². The second-order valence-electron chi connectivity index (χ2n) is 4.52. The van der Waals surface area contributed by atoms with Gasteiger partial charge in [0.15, 0.2) is 0 Å². The molecule has 0 radical (unpaired) electrons.